The van der Waals surface area contributed by atoms with Crippen LogP contribution in [-0.4, -0.2) is 63.4 Å². The molecule has 0 unspecified atom stereocenters. The molecule has 1 aliphatic heterocycles. The van der Waals surface area contributed by atoms with Crippen molar-refractivity contribution in [2.24, 2.45) is 7.05 Å². The highest BCUT2D eigenvalue weighted by atomic mass is 32.1. The van der Waals surface area contributed by atoms with Crippen molar-refractivity contribution < 1.29 is 9.53 Å². The molecule has 3 heterocycles. The number of aryl methyl sites for hydroxylation is 2. The third-order valence-electron chi connectivity index (χ3n) is 5.89. The molecule has 0 amide bonds. The highest BCUT2D eigenvalue weighted by Gasteiger charge is 2.23. The van der Waals surface area contributed by atoms with E-state index in [1.54, 1.807) is 11.3 Å². The summed E-state index contributed by atoms with van der Waals surface area (Å²) in [6.45, 7) is 8.62. The van der Waals surface area contributed by atoms with Gasteiger partial charge in [-0.1, -0.05) is 30.3 Å². The van der Waals surface area contributed by atoms with Crippen LogP contribution < -0.4 is 5.32 Å². The number of thiophene rings is 1. The van der Waals surface area contributed by atoms with E-state index in [1.165, 1.54) is 11.1 Å². The molecule has 7 nitrogen and oxygen atoms in total. The second-order valence-corrected chi connectivity index (χ2v) is 9.97. The van der Waals surface area contributed by atoms with Gasteiger partial charge in [0.1, 0.15) is 5.00 Å². The van der Waals surface area contributed by atoms with Crippen LogP contribution in [0.5, 0.6) is 0 Å². The average Bonchev–Trinajstić information content (AvgIpc) is 3.36. The van der Waals surface area contributed by atoms with Gasteiger partial charge in [0.15, 0.2) is 5.11 Å². The number of thiocarbonyl (C=S) groups is 1. The van der Waals surface area contributed by atoms with Gasteiger partial charge in [-0.05, 0) is 37.7 Å². The van der Waals surface area contributed by atoms with Crippen LogP contribution in [0.25, 0.3) is 0 Å². The summed E-state index contributed by atoms with van der Waals surface area (Å²) in [5, 5.41) is 9.19. The van der Waals surface area contributed by atoms with Crippen molar-refractivity contribution >= 4 is 39.6 Å². The van der Waals surface area contributed by atoms with E-state index in [0.717, 1.165) is 54.7 Å². The number of piperazine rings is 1. The van der Waals surface area contributed by atoms with Crippen LogP contribution >= 0.6 is 23.6 Å². The number of rotatable bonds is 7. The largest absolute Gasteiger partial charge is 0.462 e. The number of anilines is 1. The lowest BCUT2D eigenvalue weighted by atomic mass is 10.1. The molecule has 9 heteroatoms. The molecule has 3 aromatic rings. The standard InChI is InChI=1S/C25H31N5O2S2/c1-4-32-24(31)22-15-21(14-19-8-6-5-7-9-19)34-23(22)26-25(33)30-12-10-29(11-13-30)17-20-16-28(3)27-18(20)2/h5-9,15-16H,4,10-14,17H2,1-3H3,(H,26,33). The van der Waals surface area contributed by atoms with Gasteiger partial charge in [0.25, 0.3) is 0 Å². The Morgan fingerprint density at radius 1 is 1.21 bits per heavy atom. The molecule has 1 aromatic carbocycles. The van der Waals surface area contributed by atoms with Crippen LogP contribution in [-0.2, 0) is 24.8 Å². The maximum atomic E-state index is 12.6. The molecule has 2 aromatic heterocycles. The van der Waals surface area contributed by atoms with E-state index < -0.39 is 0 Å². The van der Waals surface area contributed by atoms with Crippen molar-refractivity contribution in [3.63, 3.8) is 0 Å². The van der Waals surface area contributed by atoms with Gasteiger partial charge in [0.2, 0.25) is 0 Å². The third kappa shape index (κ3) is 6.02. The lowest BCUT2D eigenvalue weighted by Gasteiger charge is -2.36. The van der Waals surface area contributed by atoms with Gasteiger partial charge in [-0.15, -0.1) is 11.3 Å². The first-order chi connectivity index (χ1) is 16.4. The zero-order valence-electron chi connectivity index (χ0n) is 19.9. The zero-order chi connectivity index (χ0) is 24.1. The van der Waals surface area contributed by atoms with Gasteiger partial charge in [0.05, 0.1) is 17.9 Å². The van der Waals surface area contributed by atoms with Crippen molar-refractivity contribution in [1.29, 1.82) is 0 Å². The highest BCUT2D eigenvalue weighted by Crippen LogP contribution is 2.31. The Morgan fingerprint density at radius 3 is 2.59 bits per heavy atom. The lowest BCUT2D eigenvalue weighted by molar-refractivity contribution is 0.0528. The molecule has 1 saturated heterocycles. The minimum atomic E-state index is -0.319. The lowest BCUT2D eigenvalue weighted by Crippen LogP contribution is -2.49. The fourth-order valence-corrected chi connectivity index (χ4v) is 5.54. The molecule has 1 fully saturated rings. The summed E-state index contributed by atoms with van der Waals surface area (Å²) < 4.78 is 7.17. The Labute approximate surface area is 210 Å². The number of nitrogens with zero attached hydrogens (tertiary/aromatic N) is 4. The van der Waals surface area contributed by atoms with Crippen molar-refractivity contribution in [2.75, 3.05) is 38.1 Å². The molecular weight excluding hydrogens is 466 g/mol. The van der Waals surface area contributed by atoms with E-state index in [1.807, 2.05) is 42.9 Å². The van der Waals surface area contributed by atoms with E-state index in [0.29, 0.717) is 17.3 Å². The van der Waals surface area contributed by atoms with E-state index in [4.69, 9.17) is 17.0 Å². The average molecular weight is 498 g/mol. The number of esters is 1. The number of nitrogens with one attached hydrogen (secondary N) is 1. The molecule has 4 rings (SSSR count). The van der Waals surface area contributed by atoms with Crippen LogP contribution in [0.2, 0.25) is 0 Å². The van der Waals surface area contributed by atoms with Crippen LogP contribution in [0, 0.1) is 6.92 Å². The van der Waals surface area contributed by atoms with Gasteiger partial charge in [-0.25, -0.2) is 4.79 Å². The first-order valence-corrected chi connectivity index (χ1v) is 12.8. The summed E-state index contributed by atoms with van der Waals surface area (Å²) in [7, 11) is 1.96. The topological polar surface area (TPSA) is 62.6 Å². The fraction of sp³-hybridized carbons (Fsp3) is 0.400. The number of hydrogen-bond acceptors (Lipinski definition) is 6. The third-order valence-corrected chi connectivity index (χ3v) is 7.30. The Bertz CT molecular complexity index is 1130. The summed E-state index contributed by atoms with van der Waals surface area (Å²) in [6.07, 6.45) is 2.85. The monoisotopic (exact) mass is 497 g/mol. The van der Waals surface area contributed by atoms with Crippen molar-refractivity contribution in [2.45, 2.75) is 26.8 Å². The number of ether oxygens (including phenoxy) is 1. The molecule has 1 aliphatic rings. The predicted octanol–water partition coefficient (Wildman–Crippen LogP) is 4.07. The van der Waals surface area contributed by atoms with E-state index in [-0.39, 0.29) is 5.97 Å². The quantitative estimate of drug-likeness (QED) is 0.390. The summed E-state index contributed by atoms with van der Waals surface area (Å²) in [4.78, 5) is 18.3. The minimum Gasteiger partial charge on any atom is -0.462 e. The molecule has 0 aliphatic carbocycles. The minimum absolute atomic E-state index is 0.319. The van der Waals surface area contributed by atoms with E-state index >= 15 is 0 Å². The normalized spacial score (nSPS) is 14.3. The van der Waals surface area contributed by atoms with Gasteiger partial charge in [0, 0.05) is 62.8 Å². The van der Waals surface area contributed by atoms with E-state index in [2.05, 4.69) is 45.5 Å². The number of carbonyl (C=O) groups excluding carboxylic acids is 1. The van der Waals surface area contributed by atoms with E-state index in [9.17, 15) is 4.79 Å². The molecule has 0 atom stereocenters. The molecule has 34 heavy (non-hydrogen) atoms. The molecule has 0 saturated carbocycles. The fourth-order valence-electron chi connectivity index (χ4n) is 4.11. The zero-order valence-corrected chi connectivity index (χ0v) is 21.5. The second kappa shape index (κ2) is 11.1. The maximum absolute atomic E-state index is 12.6. The molecule has 180 valence electrons. The number of benzene rings is 1. The number of aromatic nitrogens is 2. The molecule has 0 bridgehead atoms. The molecule has 0 radical (unpaired) electrons. The smallest absolute Gasteiger partial charge is 0.341 e. The number of carbonyl (C=O) groups is 1. The predicted molar refractivity (Wildman–Crippen MR) is 141 cm³/mol. The van der Waals surface area contributed by atoms with Gasteiger partial charge >= 0.3 is 5.97 Å². The Morgan fingerprint density at radius 2 is 1.94 bits per heavy atom. The summed E-state index contributed by atoms with van der Waals surface area (Å²) in [6, 6.07) is 12.2. The highest BCUT2D eigenvalue weighted by molar-refractivity contribution is 7.80. The van der Waals surface area contributed by atoms with Crippen molar-refractivity contribution in [3.05, 3.63) is 69.9 Å². The summed E-state index contributed by atoms with van der Waals surface area (Å²) >= 11 is 7.30. The van der Waals surface area contributed by atoms with Crippen LogP contribution in [0.3, 0.4) is 0 Å². The Balaban J connectivity index is 1.39. The van der Waals surface area contributed by atoms with Crippen molar-refractivity contribution in [1.82, 2.24) is 19.6 Å². The summed E-state index contributed by atoms with van der Waals surface area (Å²) in [5.41, 5.74) is 4.09. The van der Waals surface area contributed by atoms with Gasteiger partial charge < -0.3 is 15.0 Å². The molecule has 1 N–H and O–H groups in total. The first kappa shape index (κ1) is 24.4. The van der Waals surface area contributed by atoms with Crippen LogP contribution in [0.15, 0.2) is 42.6 Å². The maximum Gasteiger partial charge on any atom is 0.341 e. The van der Waals surface area contributed by atoms with Crippen LogP contribution in [0.1, 0.15) is 39.0 Å². The number of hydrogen-bond donors (Lipinski definition) is 1. The Kier molecular flexibility index (Phi) is 7.97. The first-order valence-electron chi connectivity index (χ1n) is 11.5. The van der Waals surface area contributed by atoms with Crippen LogP contribution in [0.4, 0.5) is 5.00 Å². The molecular formula is C25H31N5O2S2. The summed E-state index contributed by atoms with van der Waals surface area (Å²) in [5.74, 6) is -0.319. The van der Waals surface area contributed by atoms with Gasteiger partial charge in [-0.3, -0.25) is 9.58 Å². The van der Waals surface area contributed by atoms with Gasteiger partial charge in [-0.2, -0.15) is 5.10 Å². The molecule has 0 spiro atoms. The Hall–Kier alpha value is -2.75. The second-order valence-electron chi connectivity index (χ2n) is 8.45. The van der Waals surface area contributed by atoms with Crippen molar-refractivity contribution in [3.8, 4) is 0 Å². The SMILES string of the molecule is CCOC(=O)c1cc(Cc2ccccc2)sc1NC(=S)N1CCN(Cc2cn(C)nc2C)CC1.